The Morgan fingerprint density at radius 1 is 1.36 bits per heavy atom. The summed E-state index contributed by atoms with van der Waals surface area (Å²) < 4.78 is 5.17. The number of benzene rings is 1. The Hall–Kier alpha value is -1.55. The van der Waals surface area contributed by atoms with Crippen molar-refractivity contribution in [3.63, 3.8) is 0 Å². The summed E-state index contributed by atoms with van der Waals surface area (Å²) in [7, 11) is 0. The predicted molar refractivity (Wildman–Crippen MR) is 48.4 cm³/mol. The van der Waals surface area contributed by atoms with E-state index in [-0.39, 0.29) is 23.9 Å². The fourth-order valence-corrected chi connectivity index (χ4v) is 1.48. The summed E-state index contributed by atoms with van der Waals surface area (Å²) in [5.41, 5.74) is 1.04. The van der Waals surface area contributed by atoms with Gasteiger partial charge in [0.1, 0.15) is 6.10 Å². The quantitative estimate of drug-likeness (QED) is 0.609. The highest BCUT2D eigenvalue weighted by atomic mass is 16.5. The minimum absolute atomic E-state index is 0.165. The van der Waals surface area contributed by atoms with Gasteiger partial charge in [-0.2, -0.15) is 0 Å². The molecule has 1 aromatic carbocycles. The highest BCUT2D eigenvalue weighted by Crippen LogP contribution is 2.31. The van der Waals surface area contributed by atoms with E-state index in [0.29, 0.717) is 11.1 Å². The number of phenolic OH excluding ortho intramolecular Hbond substituents is 2. The third-order valence-corrected chi connectivity index (χ3v) is 2.32. The first-order chi connectivity index (χ1) is 6.59. The zero-order valence-corrected chi connectivity index (χ0v) is 7.65. The van der Waals surface area contributed by atoms with Crippen LogP contribution in [-0.4, -0.2) is 22.1 Å². The summed E-state index contributed by atoms with van der Waals surface area (Å²) >= 11 is 0. The van der Waals surface area contributed by atoms with Crippen LogP contribution in [-0.2, 0) is 11.3 Å². The molecule has 2 rings (SSSR count). The van der Waals surface area contributed by atoms with Crippen LogP contribution in [0.2, 0.25) is 0 Å². The zero-order chi connectivity index (χ0) is 10.3. The monoisotopic (exact) mass is 194 g/mol. The zero-order valence-electron chi connectivity index (χ0n) is 7.65. The van der Waals surface area contributed by atoms with Crippen molar-refractivity contribution in [2.24, 2.45) is 0 Å². The number of ketones is 1. The van der Waals surface area contributed by atoms with Gasteiger partial charge in [0.05, 0.1) is 6.61 Å². The molecule has 1 aromatic rings. The van der Waals surface area contributed by atoms with Gasteiger partial charge < -0.3 is 14.9 Å². The van der Waals surface area contributed by atoms with Crippen molar-refractivity contribution in [2.75, 3.05) is 0 Å². The van der Waals surface area contributed by atoms with Crippen molar-refractivity contribution in [3.05, 3.63) is 23.3 Å². The lowest BCUT2D eigenvalue weighted by Gasteiger charge is -2.21. The molecule has 14 heavy (non-hydrogen) atoms. The van der Waals surface area contributed by atoms with Crippen LogP contribution < -0.4 is 0 Å². The van der Waals surface area contributed by atoms with Crippen LogP contribution in [0.25, 0.3) is 0 Å². The van der Waals surface area contributed by atoms with Gasteiger partial charge in [0.2, 0.25) is 0 Å². The summed E-state index contributed by atoms with van der Waals surface area (Å²) in [5, 5.41) is 18.4. The van der Waals surface area contributed by atoms with Gasteiger partial charge >= 0.3 is 0 Å². The molecule has 0 aromatic heterocycles. The Morgan fingerprint density at radius 2 is 2.00 bits per heavy atom. The van der Waals surface area contributed by atoms with Gasteiger partial charge in [-0.3, -0.25) is 4.79 Å². The first-order valence-electron chi connectivity index (χ1n) is 4.30. The van der Waals surface area contributed by atoms with Gasteiger partial charge in [-0.15, -0.1) is 0 Å². The molecule has 74 valence electrons. The Kier molecular flexibility index (Phi) is 1.93. The normalized spacial score (nSPS) is 20.6. The van der Waals surface area contributed by atoms with Crippen molar-refractivity contribution in [1.29, 1.82) is 0 Å². The fraction of sp³-hybridized carbons (Fsp3) is 0.300. The van der Waals surface area contributed by atoms with E-state index in [4.69, 9.17) is 4.74 Å². The first-order valence-corrected chi connectivity index (χ1v) is 4.30. The molecule has 4 heteroatoms. The second-order valence-electron chi connectivity index (χ2n) is 3.32. The summed E-state index contributed by atoms with van der Waals surface area (Å²) in [6, 6.07) is 2.64. The van der Waals surface area contributed by atoms with Crippen LogP contribution in [0.3, 0.4) is 0 Å². The Morgan fingerprint density at radius 3 is 2.71 bits per heavy atom. The molecule has 1 heterocycles. The molecule has 1 aliphatic rings. The van der Waals surface area contributed by atoms with Crippen LogP contribution in [0.15, 0.2) is 12.1 Å². The summed E-state index contributed by atoms with van der Waals surface area (Å²) in [5.74, 6) is -0.664. The minimum Gasteiger partial charge on any atom is -0.504 e. The van der Waals surface area contributed by atoms with Gasteiger partial charge in [0.25, 0.3) is 0 Å². The molecule has 0 saturated heterocycles. The highest BCUT2D eigenvalue weighted by molar-refractivity contribution is 6.01. The number of ether oxygens (including phenoxy) is 1. The molecule has 0 saturated carbocycles. The van der Waals surface area contributed by atoms with E-state index in [1.54, 1.807) is 6.92 Å². The van der Waals surface area contributed by atoms with Crippen LogP contribution in [0.5, 0.6) is 11.5 Å². The molecular weight excluding hydrogens is 184 g/mol. The highest BCUT2D eigenvalue weighted by Gasteiger charge is 2.25. The van der Waals surface area contributed by atoms with Crippen LogP contribution in [0.4, 0.5) is 0 Å². The van der Waals surface area contributed by atoms with Gasteiger partial charge in [-0.1, -0.05) is 0 Å². The van der Waals surface area contributed by atoms with Gasteiger partial charge in [-0.25, -0.2) is 0 Å². The predicted octanol–water partition coefficient (Wildman–Crippen LogP) is 1.20. The third-order valence-electron chi connectivity index (χ3n) is 2.32. The van der Waals surface area contributed by atoms with E-state index in [1.807, 2.05) is 0 Å². The third kappa shape index (κ3) is 1.24. The molecule has 0 fully saturated rings. The average molecular weight is 194 g/mol. The molecular formula is C10H10O4. The maximum atomic E-state index is 11.6. The second-order valence-corrected chi connectivity index (χ2v) is 3.32. The lowest BCUT2D eigenvalue weighted by molar-refractivity contribution is 0.0335. The number of Topliss-reactive ketones (excluding diaryl/α,β-unsaturated/α-hetero) is 1. The van der Waals surface area contributed by atoms with Gasteiger partial charge in [0, 0.05) is 5.56 Å². The largest absolute Gasteiger partial charge is 0.504 e. The van der Waals surface area contributed by atoms with Crippen LogP contribution >= 0.6 is 0 Å². The van der Waals surface area contributed by atoms with Crippen LogP contribution in [0.1, 0.15) is 22.8 Å². The van der Waals surface area contributed by atoms with E-state index >= 15 is 0 Å². The molecule has 2 N–H and O–H groups in total. The lowest BCUT2D eigenvalue weighted by atomic mass is 9.98. The second kappa shape index (κ2) is 2.99. The molecule has 0 bridgehead atoms. The van der Waals surface area contributed by atoms with Crippen LogP contribution in [0, 0.1) is 0 Å². The average Bonchev–Trinajstić information content (AvgIpc) is 2.15. The number of rotatable bonds is 0. The molecule has 4 nitrogen and oxygen atoms in total. The van der Waals surface area contributed by atoms with Gasteiger partial charge in [0.15, 0.2) is 17.3 Å². The molecule has 1 aliphatic heterocycles. The smallest absolute Gasteiger partial charge is 0.191 e. The summed E-state index contributed by atoms with van der Waals surface area (Å²) in [4.78, 5) is 11.6. The van der Waals surface area contributed by atoms with Crippen molar-refractivity contribution in [3.8, 4) is 11.5 Å². The first kappa shape index (κ1) is 9.02. The number of fused-ring (bicyclic) bond motifs is 1. The van der Waals surface area contributed by atoms with E-state index in [2.05, 4.69) is 0 Å². The molecule has 0 amide bonds. The molecule has 0 aliphatic carbocycles. The van der Waals surface area contributed by atoms with E-state index in [1.165, 1.54) is 12.1 Å². The number of aromatic hydroxyl groups is 2. The van der Waals surface area contributed by atoms with Crippen molar-refractivity contribution in [2.45, 2.75) is 19.6 Å². The van der Waals surface area contributed by atoms with Crippen molar-refractivity contribution < 1.29 is 19.7 Å². The van der Waals surface area contributed by atoms with Crippen molar-refractivity contribution in [1.82, 2.24) is 0 Å². The number of carbonyl (C=O) groups excluding carboxylic acids is 1. The maximum Gasteiger partial charge on any atom is 0.191 e. The van der Waals surface area contributed by atoms with Gasteiger partial charge in [-0.05, 0) is 24.6 Å². The fourth-order valence-electron chi connectivity index (χ4n) is 1.48. The molecule has 0 radical (unpaired) electrons. The Bertz CT molecular complexity index is 397. The van der Waals surface area contributed by atoms with E-state index < -0.39 is 6.10 Å². The standard InChI is InChI=1S/C10H10O4/c1-5-10(13)7-3-9(12)8(11)2-6(7)4-14-5/h2-3,5,11-12H,4H2,1H3/t5-/m1/s1. The Labute approximate surface area is 80.7 Å². The van der Waals surface area contributed by atoms with E-state index in [9.17, 15) is 15.0 Å². The summed E-state index contributed by atoms with van der Waals surface area (Å²) in [6.45, 7) is 1.95. The molecule has 0 unspecified atom stereocenters. The van der Waals surface area contributed by atoms with E-state index in [0.717, 1.165) is 0 Å². The topological polar surface area (TPSA) is 66.8 Å². The number of phenols is 2. The number of hydrogen-bond acceptors (Lipinski definition) is 4. The number of carbonyl (C=O) groups is 1. The maximum absolute atomic E-state index is 11.6. The molecule has 1 atom stereocenters. The van der Waals surface area contributed by atoms with Crippen molar-refractivity contribution >= 4 is 5.78 Å². The SMILES string of the molecule is C[C@H]1OCc2cc(O)c(O)cc2C1=O. The molecule has 0 spiro atoms. The summed E-state index contributed by atoms with van der Waals surface area (Å²) in [6.07, 6.45) is -0.480. The Balaban J connectivity index is 2.56. The minimum atomic E-state index is -0.480. The number of hydrogen-bond donors (Lipinski definition) is 2. The lowest BCUT2D eigenvalue weighted by Crippen LogP contribution is -2.27.